The van der Waals surface area contributed by atoms with Crippen molar-refractivity contribution in [3.8, 4) is 0 Å². The highest BCUT2D eigenvalue weighted by atomic mass is 35.5. The van der Waals surface area contributed by atoms with Crippen molar-refractivity contribution in [3.05, 3.63) is 58.1 Å². The Morgan fingerprint density at radius 1 is 1.17 bits per heavy atom. The third-order valence-electron chi connectivity index (χ3n) is 3.33. The van der Waals surface area contributed by atoms with Crippen LogP contribution in [0.15, 0.2) is 36.4 Å². The zero-order valence-electron chi connectivity index (χ0n) is 12.9. The summed E-state index contributed by atoms with van der Waals surface area (Å²) in [6.07, 6.45) is 0. The summed E-state index contributed by atoms with van der Waals surface area (Å²) in [5, 5.41) is 3.16. The number of hydrogen-bond donors (Lipinski definition) is 2. The predicted octanol–water partition coefficient (Wildman–Crippen LogP) is 3.33. The number of esters is 1. The lowest BCUT2D eigenvalue weighted by molar-refractivity contribution is -0.119. The molecule has 120 valence electrons. The van der Waals surface area contributed by atoms with Gasteiger partial charge in [0.1, 0.15) is 0 Å². The smallest absolute Gasteiger partial charge is 0.340 e. The Bertz CT molecular complexity index is 759. The number of amides is 1. The van der Waals surface area contributed by atoms with Gasteiger partial charge >= 0.3 is 5.97 Å². The topological polar surface area (TPSA) is 81.4 Å². The number of anilines is 2. The van der Waals surface area contributed by atoms with Gasteiger partial charge in [0.05, 0.1) is 5.56 Å². The first-order chi connectivity index (χ1) is 10.9. The normalized spacial score (nSPS) is 10.2. The van der Waals surface area contributed by atoms with Crippen molar-refractivity contribution in [2.75, 3.05) is 17.7 Å². The van der Waals surface area contributed by atoms with Crippen molar-refractivity contribution in [2.45, 2.75) is 13.8 Å². The fraction of sp³-hybridized carbons (Fsp3) is 0.176. The number of para-hydroxylation sites is 1. The van der Waals surface area contributed by atoms with Crippen LogP contribution in [-0.4, -0.2) is 18.5 Å². The number of hydrogen-bond acceptors (Lipinski definition) is 4. The Balaban J connectivity index is 1.94. The maximum atomic E-state index is 12.0. The lowest BCUT2D eigenvalue weighted by Gasteiger charge is -2.09. The van der Waals surface area contributed by atoms with E-state index >= 15 is 0 Å². The van der Waals surface area contributed by atoms with Crippen molar-refractivity contribution in [2.24, 2.45) is 0 Å². The molecule has 2 rings (SSSR count). The first-order valence-electron chi connectivity index (χ1n) is 6.96. The lowest BCUT2D eigenvalue weighted by Crippen LogP contribution is -2.21. The molecule has 0 radical (unpaired) electrons. The third kappa shape index (κ3) is 4.23. The van der Waals surface area contributed by atoms with Crippen LogP contribution in [0.4, 0.5) is 11.4 Å². The molecule has 0 saturated heterocycles. The Hall–Kier alpha value is -2.53. The Labute approximate surface area is 139 Å². The number of halogens is 1. The van der Waals surface area contributed by atoms with Gasteiger partial charge in [-0.1, -0.05) is 29.8 Å². The summed E-state index contributed by atoms with van der Waals surface area (Å²) in [7, 11) is 0. The molecular weight excluding hydrogens is 316 g/mol. The summed E-state index contributed by atoms with van der Waals surface area (Å²) in [6.45, 7) is 3.25. The van der Waals surface area contributed by atoms with Gasteiger partial charge in [-0.05, 0) is 43.2 Å². The van der Waals surface area contributed by atoms with Crippen molar-refractivity contribution >= 4 is 34.9 Å². The molecule has 5 nitrogen and oxygen atoms in total. The lowest BCUT2D eigenvalue weighted by atomic mass is 10.1. The largest absolute Gasteiger partial charge is 0.452 e. The molecule has 0 fully saturated rings. The molecule has 2 aromatic carbocycles. The molecule has 6 heteroatoms. The molecule has 0 aliphatic carbocycles. The highest BCUT2D eigenvalue weighted by molar-refractivity contribution is 6.31. The molecular formula is C17H17ClN2O3. The average Bonchev–Trinajstić information content (AvgIpc) is 2.51. The van der Waals surface area contributed by atoms with Gasteiger partial charge in [0.15, 0.2) is 6.61 Å². The van der Waals surface area contributed by atoms with Crippen LogP contribution in [0.3, 0.4) is 0 Å². The highest BCUT2D eigenvalue weighted by Crippen LogP contribution is 2.20. The number of ether oxygens (including phenoxy) is 1. The second-order valence-corrected chi connectivity index (χ2v) is 5.53. The van der Waals surface area contributed by atoms with Gasteiger partial charge in [-0.2, -0.15) is 0 Å². The fourth-order valence-corrected chi connectivity index (χ4v) is 2.12. The van der Waals surface area contributed by atoms with Crippen LogP contribution in [0.25, 0.3) is 0 Å². The molecule has 0 atom stereocenters. The standard InChI is InChI=1S/C17H17ClN2O3/c1-10-6-7-12(8-14(10)18)20-15(21)9-23-17(22)13-5-3-4-11(2)16(13)19/h3-8H,9,19H2,1-2H3,(H,20,21). The molecule has 23 heavy (non-hydrogen) atoms. The number of carbonyl (C=O) groups excluding carboxylic acids is 2. The van der Waals surface area contributed by atoms with E-state index in [4.69, 9.17) is 22.1 Å². The van der Waals surface area contributed by atoms with E-state index in [2.05, 4.69) is 5.32 Å². The molecule has 2 aromatic rings. The van der Waals surface area contributed by atoms with Gasteiger partial charge in [0.25, 0.3) is 5.91 Å². The fourth-order valence-electron chi connectivity index (χ4n) is 1.94. The molecule has 0 spiro atoms. The van der Waals surface area contributed by atoms with E-state index in [9.17, 15) is 9.59 Å². The minimum Gasteiger partial charge on any atom is -0.452 e. The van der Waals surface area contributed by atoms with Gasteiger partial charge in [0.2, 0.25) is 0 Å². The van der Waals surface area contributed by atoms with Gasteiger partial charge in [0, 0.05) is 16.4 Å². The summed E-state index contributed by atoms with van der Waals surface area (Å²) in [5.74, 6) is -1.09. The van der Waals surface area contributed by atoms with E-state index in [-0.39, 0.29) is 5.56 Å². The SMILES string of the molecule is Cc1ccc(NC(=O)COC(=O)c2cccc(C)c2N)cc1Cl. The summed E-state index contributed by atoms with van der Waals surface area (Å²) in [5.41, 5.74) is 8.65. The molecule has 3 N–H and O–H groups in total. The second-order valence-electron chi connectivity index (χ2n) is 5.12. The van der Waals surface area contributed by atoms with Crippen LogP contribution < -0.4 is 11.1 Å². The van der Waals surface area contributed by atoms with E-state index in [0.29, 0.717) is 16.4 Å². The quantitative estimate of drug-likeness (QED) is 0.664. The highest BCUT2D eigenvalue weighted by Gasteiger charge is 2.14. The van der Waals surface area contributed by atoms with Crippen molar-refractivity contribution in [3.63, 3.8) is 0 Å². The van der Waals surface area contributed by atoms with Gasteiger partial charge in [-0.3, -0.25) is 4.79 Å². The number of nitrogens with one attached hydrogen (secondary N) is 1. The Morgan fingerprint density at radius 2 is 1.91 bits per heavy atom. The monoisotopic (exact) mass is 332 g/mol. The maximum Gasteiger partial charge on any atom is 0.340 e. The van der Waals surface area contributed by atoms with Crippen LogP contribution >= 0.6 is 11.6 Å². The second kappa shape index (κ2) is 7.15. The van der Waals surface area contributed by atoms with Crippen LogP contribution in [0.2, 0.25) is 5.02 Å². The minimum atomic E-state index is -0.636. The van der Waals surface area contributed by atoms with Crippen LogP contribution in [0.1, 0.15) is 21.5 Å². The molecule has 0 aromatic heterocycles. The Morgan fingerprint density at radius 3 is 2.61 bits per heavy atom. The first-order valence-corrected chi connectivity index (χ1v) is 7.34. The minimum absolute atomic E-state index is 0.246. The molecule has 0 bridgehead atoms. The number of rotatable bonds is 4. The zero-order chi connectivity index (χ0) is 17.0. The van der Waals surface area contributed by atoms with Gasteiger partial charge in [-0.15, -0.1) is 0 Å². The van der Waals surface area contributed by atoms with E-state index < -0.39 is 18.5 Å². The summed E-state index contributed by atoms with van der Waals surface area (Å²) in [6, 6.07) is 10.2. The van der Waals surface area contributed by atoms with E-state index in [1.54, 1.807) is 43.3 Å². The number of nitrogen functional groups attached to an aromatic ring is 1. The van der Waals surface area contributed by atoms with Gasteiger partial charge < -0.3 is 15.8 Å². The van der Waals surface area contributed by atoms with Crippen molar-refractivity contribution < 1.29 is 14.3 Å². The van der Waals surface area contributed by atoms with E-state index in [0.717, 1.165) is 11.1 Å². The summed E-state index contributed by atoms with van der Waals surface area (Å²) in [4.78, 5) is 23.8. The average molecular weight is 333 g/mol. The predicted molar refractivity (Wildman–Crippen MR) is 90.7 cm³/mol. The third-order valence-corrected chi connectivity index (χ3v) is 3.74. The molecule has 1 amide bonds. The zero-order valence-corrected chi connectivity index (χ0v) is 13.6. The molecule has 0 aliphatic heterocycles. The van der Waals surface area contributed by atoms with E-state index in [1.807, 2.05) is 6.92 Å². The number of nitrogens with two attached hydrogens (primary N) is 1. The number of carbonyl (C=O) groups is 2. The molecule has 0 heterocycles. The number of aryl methyl sites for hydroxylation is 2. The van der Waals surface area contributed by atoms with Crippen LogP contribution in [0, 0.1) is 13.8 Å². The molecule has 0 saturated carbocycles. The van der Waals surface area contributed by atoms with Crippen LogP contribution in [0.5, 0.6) is 0 Å². The first kappa shape index (κ1) is 16.8. The van der Waals surface area contributed by atoms with Crippen molar-refractivity contribution in [1.82, 2.24) is 0 Å². The van der Waals surface area contributed by atoms with Crippen molar-refractivity contribution in [1.29, 1.82) is 0 Å². The molecule has 0 unspecified atom stereocenters. The Kier molecular flexibility index (Phi) is 5.24. The van der Waals surface area contributed by atoms with Crippen LogP contribution in [-0.2, 0) is 9.53 Å². The molecule has 0 aliphatic rings. The van der Waals surface area contributed by atoms with Gasteiger partial charge in [-0.25, -0.2) is 4.79 Å². The van der Waals surface area contributed by atoms with E-state index in [1.165, 1.54) is 0 Å². The number of benzene rings is 2. The maximum absolute atomic E-state index is 12.0. The summed E-state index contributed by atoms with van der Waals surface area (Å²) < 4.78 is 4.99. The summed E-state index contributed by atoms with van der Waals surface area (Å²) >= 11 is 5.99.